The van der Waals surface area contributed by atoms with Gasteiger partial charge in [0.05, 0.1) is 20.1 Å². The van der Waals surface area contributed by atoms with Crippen molar-refractivity contribution in [3.8, 4) is 22.6 Å². The van der Waals surface area contributed by atoms with Crippen molar-refractivity contribution in [3.05, 3.63) is 78.1 Å². The molecule has 1 heterocycles. The molecule has 0 unspecified atom stereocenters. The Hall–Kier alpha value is -3.54. The second-order valence-corrected chi connectivity index (χ2v) is 10.2. The molecule has 3 aromatic rings. The highest BCUT2D eigenvalue weighted by Crippen LogP contribution is 2.45. The van der Waals surface area contributed by atoms with E-state index in [-0.39, 0.29) is 18.2 Å². The van der Waals surface area contributed by atoms with Crippen molar-refractivity contribution in [3.63, 3.8) is 0 Å². The monoisotopic (exact) mass is 503 g/mol. The first-order valence-corrected chi connectivity index (χ1v) is 13.1. The van der Waals surface area contributed by atoms with Gasteiger partial charge in [-0.15, -0.1) is 0 Å². The van der Waals surface area contributed by atoms with Crippen LogP contribution in [-0.4, -0.2) is 37.9 Å². The number of piperidine rings is 1. The normalized spacial score (nSPS) is 16.9. The molecule has 6 heteroatoms. The van der Waals surface area contributed by atoms with Gasteiger partial charge in [0.15, 0.2) is 0 Å². The van der Waals surface area contributed by atoms with Crippen molar-refractivity contribution in [2.75, 3.05) is 31.7 Å². The van der Waals surface area contributed by atoms with E-state index in [4.69, 9.17) is 9.47 Å². The summed E-state index contributed by atoms with van der Waals surface area (Å²) in [6.45, 7) is 2.45. The fourth-order valence-electron chi connectivity index (χ4n) is 5.41. The average Bonchev–Trinajstić information content (AvgIpc) is 3.77. The maximum Gasteiger partial charge on any atom is 0.303 e. The molecule has 1 saturated carbocycles. The largest absolute Gasteiger partial charge is 0.497 e. The Morgan fingerprint density at radius 2 is 1.76 bits per heavy atom. The van der Waals surface area contributed by atoms with Crippen LogP contribution in [0.3, 0.4) is 0 Å². The lowest BCUT2D eigenvalue weighted by Crippen LogP contribution is -2.35. The standard InChI is InChI=1S/C31H34FNO4/c1-36-26-11-12-28(22-7-9-25(32)10-8-22)30(18-26)33-15-13-21(14-16-33)20-37-27-4-2-3-24(17-27)29(19-31(34)35)23-5-6-23/h2-4,7-12,17-18,21,23,29H,5-6,13-16,19-20H2,1H3,(H,34,35)/t29-/m0/s1. The van der Waals surface area contributed by atoms with Crippen LogP contribution in [0.25, 0.3) is 11.1 Å². The molecule has 0 radical (unpaired) electrons. The Labute approximate surface area is 217 Å². The van der Waals surface area contributed by atoms with E-state index in [9.17, 15) is 14.3 Å². The average molecular weight is 504 g/mol. The van der Waals surface area contributed by atoms with E-state index in [1.807, 2.05) is 48.5 Å². The third kappa shape index (κ3) is 6.24. The molecule has 1 saturated heterocycles. The number of benzene rings is 3. The van der Waals surface area contributed by atoms with Crippen molar-refractivity contribution in [1.29, 1.82) is 0 Å². The molecule has 0 bridgehead atoms. The number of hydrogen-bond acceptors (Lipinski definition) is 4. The van der Waals surface area contributed by atoms with Gasteiger partial charge < -0.3 is 19.5 Å². The number of carboxylic acid groups (broad SMARTS) is 1. The zero-order valence-electron chi connectivity index (χ0n) is 21.2. The highest BCUT2D eigenvalue weighted by atomic mass is 19.1. The number of hydrogen-bond donors (Lipinski definition) is 1. The van der Waals surface area contributed by atoms with Crippen molar-refractivity contribution in [2.24, 2.45) is 11.8 Å². The summed E-state index contributed by atoms with van der Waals surface area (Å²) in [4.78, 5) is 13.7. The number of methoxy groups -OCH3 is 1. The van der Waals surface area contributed by atoms with Gasteiger partial charge in [0.25, 0.3) is 0 Å². The Kier molecular flexibility index (Phi) is 7.63. The fraction of sp³-hybridized carbons (Fsp3) is 0.387. The molecule has 2 fully saturated rings. The summed E-state index contributed by atoms with van der Waals surface area (Å²) in [5.41, 5.74) is 4.22. The molecule has 3 aromatic carbocycles. The number of ether oxygens (including phenoxy) is 2. The molecule has 1 N–H and O–H groups in total. The number of nitrogens with zero attached hydrogens (tertiary/aromatic N) is 1. The lowest BCUT2D eigenvalue weighted by atomic mass is 9.91. The highest BCUT2D eigenvalue weighted by molar-refractivity contribution is 5.80. The van der Waals surface area contributed by atoms with Crippen LogP contribution in [0.15, 0.2) is 66.7 Å². The van der Waals surface area contributed by atoms with Gasteiger partial charge in [-0.25, -0.2) is 4.39 Å². The minimum absolute atomic E-state index is 0.0717. The van der Waals surface area contributed by atoms with Gasteiger partial charge in [0, 0.05) is 30.4 Å². The van der Waals surface area contributed by atoms with E-state index in [0.717, 1.165) is 72.6 Å². The van der Waals surface area contributed by atoms with Gasteiger partial charge in [-0.3, -0.25) is 4.79 Å². The molecular formula is C31H34FNO4. The van der Waals surface area contributed by atoms with E-state index in [0.29, 0.717) is 18.4 Å². The molecular weight excluding hydrogens is 469 g/mol. The molecule has 5 rings (SSSR count). The summed E-state index contributed by atoms with van der Waals surface area (Å²) in [6.07, 6.45) is 4.40. The first-order chi connectivity index (χ1) is 18.0. The lowest BCUT2D eigenvalue weighted by Gasteiger charge is -2.35. The summed E-state index contributed by atoms with van der Waals surface area (Å²) in [5, 5.41) is 9.33. The molecule has 0 amide bonds. The van der Waals surface area contributed by atoms with Crippen LogP contribution >= 0.6 is 0 Å². The van der Waals surface area contributed by atoms with Crippen LogP contribution in [0.2, 0.25) is 0 Å². The summed E-state index contributed by atoms with van der Waals surface area (Å²) in [5.74, 6) is 1.64. The number of halogens is 1. The van der Waals surface area contributed by atoms with Gasteiger partial charge in [-0.2, -0.15) is 0 Å². The molecule has 1 aliphatic heterocycles. The minimum atomic E-state index is -0.742. The van der Waals surface area contributed by atoms with Crippen molar-refractivity contribution < 1.29 is 23.8 Å². The van der Waals surface area contributed by atoms with Crippen LogP contribution in [0, 0.1) is 17.7 Å². The summed E-state index contributed by atoms with van der Waals surface area (Å²) in [6, 6.07) is 20.7. The molecule has 5 nitrogen and oxygen atoms in total. The van der Waals surface area contributed by atoms with E-state index in [1.54, 1.807) is 7.11 Å². The number of carbonyl (C=O) groups is 1. The van der Waals surface area contributed by atoms with Crippen LogP contribution in [0.5, 0.6) is 11.5 Å². The number of anilines is 1. The zero-order chi connectivity index (χ0) is 25.8. The first-order valence-electron chi connectivity index (χ1n) is 13.1. The molecule has 0 aromatic heterocycles. The summed E-state index contributed by atoms with van der Waals surface area (Å²) < 4.78 is 25.2. The third-order valence-corrected chi connectivity index (χ3v) is 7.67. The van der Waals surface area contributed by atoms with Crippen LogP contribution in [0.4, 0.5) is 10.1 Å². The lowest BCUT2D eigenvalue weighted by molar-refractivity contribution is -0.137. The van der Waals surface area contributed by atoms with Crippen molar-refractivity contribution in [2.45, 2.75) is 38.0 Å². The minimum Gasteiger partial charge on any atom is -0.497 e. The predicted octanol–water partition coefficient (Wildman–Crippen LogP) is 6.77. The molecule has 0 spiro atoms. The van der Waals surface area contributed by atoms with Gasteiger partial charge in [0.1, 0.15) is 17.3 Å². The van der Waals surface area contributed by atoms with Crippen LogP contribution in [0.1, 0.15) is 43.6 Å². The second kappa shape index (κ2) is 11.2. The summed E-state index contributed by atoms with van der Waals surface area (Å²) in [7, 11) is 1.67. The SMILES string of the molecule is COc1ccc(-c2ccc(F)cc2)c(N2CCC(COc3cccc([C@@H](CC(=O)O)C4CC4)c3)CC2)c1. The van der Waals surface area contributed by atoms with E-state index in [1.165, 1.54) is 12.1 Å². The van der Waals surface area contributed by atoms with Gasteiger partial charge in [0.2, 0.25) is 0 Å². The molecule has 2 aliphatic rings. The molecule has 194 valence electrons. The Morgan fingerprint density at radius 1 is 1.00 bits per heavy atom. The van der Waals surface area contributed by atoms with Crippen LogP contribution < -0.4 is 14.4 Å². The van der Waals surface area contributed by atoms with Crippen molar-refractivity contribution >= 4 is 11.7 Å². The highest BCUT2D eigenvalue weighted by Gasteiger charge is 2.34. The fourth-order valence-corrected chi connectivity index (χ4v) is 5.41. The molecule has 37 heavy (non-hydrogen) atoms. The second-order valence-electron chi connectivity index (χ2n) is 10.2. The third-order valence-electron chi connectivity index (χ3n) is 7.67. The predicted molar refractivity (Wildman–Crippen MR) is 143 cm³/mol. The van der Waals surface area contributed by atoms with Crippen molar-refractivity contribution in [1.82, 2.24) is 0 Å². The first kappa shape index (κ1) is 25.1. The maximum atomic E-state index is 13.5. The topological polar surface area (TPSA) is 59.0 Å². The maximum absolute atomic E-state index is 13.5. The van der Waals surface area contributed by atoms with Gasteiger partial charge in [-0.05, 0) is 91.0 Å². The summed E-state index contributed by atoms with van der Waals surface area (Å²) >= 11 is 0. The van der Waals surface area contributed by atoms with Gasteiger partial charge >= 0.3 is 5.97 Å². The Bertz CT molecular complexity index is 1220. The smallest absolute Gasteiger partial charge is 0.303 e. The zero-order valence-corrected chi connectivity index (χ0v) is 21.2. The quantitative estimate of drug-likeness (QED) is 0.331. The Morgan fingerprint density at radius 3 is 2.43 bits per heavy atom. The van der Waals surface area contributed by atoms with E-state index in [2.05, 4.69) is 11.0 Å². The van der Waals surface area contributed by atoms with Gasteiger partial charge in [-0.1, -0.05) is 24.3 Å². The molecule has 1 aliphatic carbocycles. The number of carboxylic acids is 1. The Balaban J connectivity index is 1.21. The molecule has 1 atom stereocenters. The van der Waals surface area contributed by atoms with E-state index >= 15 is 0 Å². The van der Waals surface area contributed by atoms with Crippen LogP contribution in [-0.2, 0) is 4.79 Å². The number of aliphatic carboxylic acids is 1. The number of rotatable bonds is 10. The van der Waals surface area contributed by atoms with E-state index < -0.39 is 5.97 Å².